The fraction of sp³-hybridized carbons (Fsp3) is 0.625. The van der Waals surface area contributed by atoms with Crippen molar-refractivity contribution in [2.24, 2.45) is 0 Å². The van der Waals surface area contributed by atoms with Gasteiger partial charge in [-0.25, -0.2) is 0 Å². The van der Waals surface area contributed by atoms with Crippen LogP contribution in [0.25, 0.3) is 0 Å². The third kappa shape index (κ3) is 2.56. The molecule has 2 atom stereocenters. The Hall–Kier alpha value is -0.510. The maximum Gasteiger partial charge on any atom is 0.0304 e. The summed E-state index contributed by atoms with van der Waals surface area (Å²) in [6.07, 6.45) is 1.22. The molecular formula is C16H24N2S. The SMILES string of the molecule is CCC1(C)CNCCN1CC1CSc2ccccc21. The van der Waals surface area contributed by atoms with Gasteiger partial charge in [-0.05, 0) is 25.0 Å². The molecule has 2 nitrogen and oxygen atoms in total. The Morgan fingerprint density at radius 1 is 1.42 bits per heavy atom. The lowest BCUT2D eigenvalue weighted by Crippen LogP contribution is -2.60. The summed E-state index contributed by atoms with van der Waals surface area (Å²) in [6.45, 7) is 9.40. The molecule has 0 aliphatic carbocycles. The lowest BCUT2D eigenvalue weighted by Gasteiger charge is -2.46. The number of fused-ring (bicyclic) bond motifs is 1. The van der Waals surface area contributed by atoms with E-state index in [0.29, 0.717) is 11.5 Å². The molecule has 3 rings (SSSR count). The smallest absolute Gasteiger partial charge is 0.0304 e. The predicted molar refractivity (Wildman–Crippen MR) is 83.0 cm³/mol. The second kappa shape index (κ2) is 5.47. The van der Waals surface area contributed by atoms with Gasteiger partial charge < -0.3 is 5.32 Å². The second-order valence-electron chi connectivity index (χ2n) is 6.02. The van der Waals surface area contributed by atoms with Crippen molar-refractivity contribution in [1.29, 1.82) is 0 Å². The van der Waals surface area contributed by atoms with Crippen molar-refractivity contribution in [2.45, 2.75) is 36.6 Å². The number of hydrogen-bond acceptors (Lipinski definition) is 3. The Bertz CT molecular complexity index is 448. The molecule has 0 radical (unpaired) electrons. The quantitative estimate of drug-likeness (QED) is 0.914. The molecule has 1 N–H and O–H groups in total. The standard InChI is InChI=1S/C16H24N2S/c1-3-16(2)12-17-8-9-18(16)10-13-11-19-15-7-5-4-6-14(13)15/h4-7,13,17H,3,8-12H2,1-2H3. The van der Waals surface area contributed by atoms with E-state index in [1.54, 1.807) is 5.56 Å². The summed E-state index contributed by atoms with van der Waals surface area (Å²) in [5.41, 5.74) is 1.91. The molecule has 2 aliphatic rings. The minimum absolute atomic E-state index is 0.334. The molecular weight excluding hydrogens is 252 g/mol. The Balaban J connectivity index is 1.75. The van der Waals surface area contributed by atoms with Crippen molar-refractivity contribution in [2.75, 3.05) is 31.9 Å². The van der Waals surface area contributed by atoms with Gasteiger partial charge >= 0.3 is 0 Å². The monoisotopic (exact) mass is 276 g/mol. The van der Waals surface area contributed by atoms with Gasteiger partial charge in [0.25, 0.3) is 0 Å². The van der Waals surface area contributed by atoms with Crippen molar-refractivity contribution in [3.05, 3.63) is 29.8 Å². The Morgan fingerprint density at radius 3 is 3.11 bits per heavy atom. The Morgan fingerprint density at radius 2 is 2.26 bits per heavy atom. The number of rotatable bonds is 3. The van der Waals surface area contributed by atoms with Crippen LogP contribution in [0.1, 0.15) is 31.7 Å². The number of thioether (sulfide) groups is 1. The first-order valence-corrected chi connectivity index (χ1v) is 8.39. The zero-order chi connectivity index (χ0) is 13.3. The lowest BCUT2D eigenvalue weighted by molar-refractivity contribution is 0.0669. The summed E-state index contributed by atoms with van der Waals surface area (Å²) in [5, 5.41) is 3.55. The van der Waals surface area contributed by atoms with Crippen molar-refractivity contribution in [3.8, 4) is 0 Å². The van der Waals surface area contributed by atoms with Crippen LogP contribution in [0.3, 0.4) is 0 Å². The maximum absolute atomic E-state index is 3.55. The summed E-state index contributed by atoms with van der Waals surface area (Å²) in [6, 6.07) is 8.95. The van der Waals surface area contributed by atoms with Crippen LogP contribution in [0.5, 0.6) is 0 Å². The topological polar surface area (TPSA) is 15.3 Å². The van der Waals surface area contributed by atoms with E-state index in [0.717, 1.165) is 13.1 Å². The van der Waals surface area contributed by atoms with Crippen LogP contribution in [0.4, 0.5) is 0 Å². The summed E-state index contributed by atoms with van der Waals surface area (Å²) >= 11 is 2.03. The van der Waals surface area contributed by atoms with E-state index in [-0.39, 0.29) is 0 Å². The van der Waals surface area contributed by atoms with E-state index >= 15 is 0 Å². The first-order valence-electron chi connectivity index (χ1n) is 7.40. The first-order chi connectivity index (χ1) is 9.23. The number of benzene rings is 1. The van der Waals surface area contributed by atoms with Crippen LogP contribution in [0, 0.1) is 0 Å². The third-order valence-electron chi connectivity index (χ3n) is 4.83. The summed E-state index contributed by atoms with van der Waals surface area (Å²) in [4.78, 5) is 4.22. The van der Waals surface area contributed by atoms with Gasteiger partial charge in [-0.15, -0.1) is 11.8 Å². The molecule has 19 heavy (non-hydrogen) atoms. The van der Waals surface area contributed by atoms with E-state index in [4.69, 9.17) is 0 Å². The second-order valence-corrected chi connectivity index (χ2v) is 7.08. The van der Waals surface area contributed by atoms with E-state index in [9.17, 15) is 0 Å². The van der Waals surface area contributed by atoms with Crippen LogP contribution in [-0.2, 0) is 0 Å². The van der Waals surface area contributed by atoms with Gasteiger partial charge in [0.05, 0.1) is 0 Å². The highest BCUT2D eigenvalue weighted by atomic mass is 32.2. The number of nitrogens with one attached hydrogen (secondary N) is 1. The van der Waals surface area contributed by atoms with Crippen molar-refractivity contribution >= 4 is 11.8 Å². The van der Waals surface area contributed by atoms with Crippen LogP contribution in [0.2, 0.25) is 0 Å². The maximum atomic E-state index is 3.55. The summed E-state index contributed by atoms with van der Waals surface area (Å²) in [5.74, 6) is 1.97. The van der Waals surface area contributed by atoms with Crippen LogP contribution < -0.4 is 5.32 Å². The number of hydrogen-bond donors (Lipinski definition) is 1. The average molecular weight is 276 g/mol. The molecule has 0 amide bonds. The summed E-state index contributed by atoms with van der Waals surface area (Å²) < 4.78 is 0. The van der Waals surface area contributed by atoms with Gasteiger partial charge in [0.1, 0.15) is 0 Å². The van der Waals surface area contributed by atoms with Crippen LogP contribution in [0.15, 0.2) is 29.2 Å². The van der Waals surface area contributed by atoms with Crippen LogP contribution >= 0.6 is 11.8 Å². The molecule has 104 valence electrons. The van der Waals surface area contributed by atoms with Gasteiger partial charge in [-0.1, -0.05) is 25.1 Å². The van der Waals surface area contributed by atoms with Gasteiger partial charge in [-0.3, -0.25) is 4.90 Å². The van der Waals surface area contributed by atoms with Gasteiger partial charge in [-0.2, -0.15) is 0 Å². The molecule has 3 heteroatoms. The minimum atomic E-state index is 0.334. The molecule has 1 aromatic rings. The normalized spacial score (nSPS) is 31.4. The molecule has 1 fully saturated rings. The number of nitrogens with zero attached hydrogens (tertiary/aromatic N) is 1. The van der Waals surface area contributed by atoms with E-state index in [2.05, 4.69) is 48.3 Å². The van der Waals surface area contributed by atoms with Gasteiger partial charge in [0, 0.05) is 48.3 Å². The van der Waals surface area contributed by atoms with Crippen LogP contribution in [-0.4, -0.2) is 42.4 Å². The van der Waals surface area contributed by atoms with Crippen molar-refractivity contribution in [3.63, 3.8) is 0 Å². The molecule has 2 unspecified atom stereocenters. The predicted octanol–water partition coefficient (Wildman–Crippen LogP) is 2.95. The van der Waals surface area contributed by atoms with E-state index < -0.39 is 0 Å². The molecule has 2 heterocycles. The molecule has 2 aliphatic heterocycles. The van der Waals surface area contributed by atoms with E-state index in [1.807, 2.05) is 11.8 Å². The van der Waals surface area contributed by atoms with Crippen molar-refractivity contribution in [1.82, 2.24) is 10.2 Å². The molecule has 0 saturated carbocycles. The third-order valence-corrected chi connectivity index (χ3v) is 6.08. The van der Waals surface area contributed by atoms with Gasteiger partial charge in [0.2, 0.25) is 0 Å². The highest BCUT2D eigenvalue weighted by Crippen LogP contribution is 2.40. The fourth-order valence-corrected chi connectivity index (χ4v) is 4.50. The highest BCUT2D eigenvalue weighted by Gasteiger charge is 2.35. The van der Waals surface area contributed by atoms with Crippen molar-refractivity contribution < 1.29 is 0 Å². The first kappa shape index (κ1) is 13.5. The zero-order valence-corrected chi connectivity index (χ0v) is 12.8. The minimum Gasteiger partial charge on any atom is -0.314 e. The molecule has 1 saturated heterocycles. The molecule has 0 spiro atoms. The van der Waals surface area contributed by atoms with Gasteiger partial charge in [0.15, 0.2) is 0 Å². The Kier molecular flexibility index (Phi) is 3.88. The Labute approximate surface area is 121 Å². The zero-order valence-electron chi connectivity index (χ0n) is 12.0. The summed E-state index contributed by atoms with van der Waals surface area (Å²) in [7, 11) is 0. The molecule has 0 aromatic heterocycles. The lowest BCUT2D eigenvalue weighted by atomic mass is 9.91. The average Bonchev–Trinajstić information content (AvgIpc) is 2.85. The number of piperazine rings is 1. The highest BCUT2D eigenvalue weighted by molar-refractivity contribution is 7.99. The fourth-order valence-electron chi connectivity index (χ4n) is 3.26. The largest absolute Gasteiger partial charge is 0.314 e. The molecule has 0 bridgehead atoms. The molecule has 1 aromatic carbocycles. The van der Waals surface area contributed by atoms with E-state index in [1.165, 1.54) is 30.2 Å².